The van der Waals surface area contributed by atoms with Crippen LogP contribution in [0, 0.1) is 0 Å². The van der Waals surface area contributed by atoms with Gasteiger partial charge >= 0.3 is 12.0 Å². The Morgan fingerprint density at radius 2 is 1.68 bits per heavy atom. The number of aromatic carboxylic acids is 1. The molecule has 3 aromatic carbocycles. The van der Waals surface area contributed by atoms with E-state index in [0.717, 1.165) is 9.21 Å². The molecule has 264 valence electrons. The maximum absolute atomic E-state index is 14.5. The van der Waals surface area contributed by atoms with Crippen LogP contribution < -0.4 is 14.8 Å². The van der Waals surface area contributed by atoms with Crippen molar-refractivity contribution in [3.63, 3.8) is 0 Å². The molecule has 0 aliphatic carbocycles. The number of amides is 4. The van der Waals surface area contributed by atoms with Gasteiger partial charge in [-0.3, -0.25) is 18.8 Å². The molecule has 1 saturated heterocycles. The number of benzene rings is 3. The Bertz CT molecular complexity index is 1920. The Balaban J connectivity index is 1.61. The Hall–Kier alpha value is -5.48. The van der Waals surface area contributed by atoms with Gasteiger partial charge in [0, 0.05) is 26.8 Å². The smallest absolute Gasteiger partial charge is 0.335 e. The standard InChI is InChI=1S/C34H37N5O10S/c1-5-47-20-10-19-38-29(35-25-12-7-9-14-27(25)50(38,45)46)28(30(40)36-24-11-6-8-13-26(24)48-21(2)3)39-31(41)32(37(4)34(39)44)49-23-17-15-22(16-18-23)33(42)43/h6-9,11-18,21,28,32H,5,10,19-20H2,1-4H3,(H,36,40)(H,42,43). The number of likely N-dealkylation sites (N-methyl/N-ethyl adjacent to an activating group) is 1. The number of aliphatic imine (C=N–C) groups is 1. The highest BCUT2D eigenvalue weighted by atomic mass is 32.2. The number of para-hydroxylation sites is 3. The average Bonchev–Trinajstić information content (AvgIpc) is 3.28. The molecule has 3 aromatic rings. The van der Waals surface area contributed by atoms with E-state index in [-0.39, 0.29) is 59.1 Å². The molecular weight excluding hydrogens is 670 g/mol. The summed E-state index contributed by atoms with van der Waals surface area (Å²) in [6, 6.07) is 14.8. The molecule has 15 nitrogen and oxygen atoms in total. The van der Waals surface area contributed by atoms with Crippen LogP contribution in [0.5, 0.6) is 11.5 Å². The number of amidine groups is 1. The molecule has 2 aliphatic rings. The lowest BCUT2D eigenvalue weighted by molar-refractivity contribution is -0.138. The predicted molar refractivity (Wildman–Crippen MR) is 181 cm³/mol. The van der Waals surface area contributed by atoms with Gasteiger partial charge in [-0.05, 0) is 75.7 Å². The first-order valence-electron chi connectivity index (χ1n) is 15.8. The van der Waals surface area contributed by atoms with Gasteiger partial charge in [0.25, 0.3) is 28.1 Å². The van der Waals surface area contributed by atoms with Crippen LogP contribution in [0.3, 0.4) is 0 Å². The van der Waals surface area contributed by atoms with E-state index in [1.165, 1.54) is 43.4 Å². The van der Waals surface area contributed by atoms with E-state index in [1.54, 1.807) is 57.2 Å². The van der Waals surface area contributed by atoms with Crippen molar-refractivity contribution < 1.29 is 46.9 Å². The van der Waals surface area contributed by atoms with Crippen molar-refractivity contribution in [2.45, 2.75) is 50.5 Å². The highest BCUT2D eigenvalue weighted by molar-refractivity contribution is 7.90. The normalized spacial score (nSPS) is 17.3. The van der Waals surface area contributed by atoms with E-state index in [2.05, 4.69) is 10.3 Å². The van der Waals surface area contributed by atoms with E-state index >= 15 is 0 Å². The fourth-order valence-corrected chi connectivity index (χ4v) is 7.00. The van der Waals surface area contributed by atoms with Crippen molar-refractivity contribution in [1.82, 2.24) is 14.1 Å². The number of nitrogens with one attached hydrogen (secondary N) is 1. The van der Waals surface area contributed by atoms with Crippen LogP contribution in [0.25, 0.3) is 0 Å². The minimum Gasteiger partial charge on any atom is -0.489 e. The van der Waals surface area contributed by atoms with Crippen LogP contribution in [0.2, 0.25) is 0 Å². The maximum atomic E-state index is 14.5. The van der Waals surface area contributed by atoms with Crippen molar-refractivity contribution in [3.8, 4) is 11.5 Å². The number of carboxylic acid groups (broad SMARTS) is 1. The van der Waals surface area contributed by atoms with Crippen molar-refractivity contribution in [1.29, 1.82) is 0 Å². The number of imide groups is 1. The SMILES string of the molecule is CCOCCCN1C(C(C(=O)Nc2ccccc2OC(C)C)N2C(=O)C(Oc3ccc(C(=O)O)cc3)N(C)C2=O)=Nc2ccccc2S1(=O)=O. The molecular formula is C34H37N5O10S. The highest BCUT2D eigenvalue weighted by Crippen LogP contribution is 2.36. The lowest BCUT2D eigenvalue weighted by Crippen LogP contribution is -2.59. The van der Waals surface area contributed by atoms with Crippen LogP contribution in [-0.2, 0) is 24.3 Å². The number of nitrogens with zero attached hydrogens (tertiary/aromatic N) is 4. The third-order valence-corrected chi connectivity index (χ3v) is 9.54. The third-order valence-electron chi connectivity index (χ3n) is 7.69. The second-order valence-electron chi connectivity index (χ2n) is 11.5. The Morgan fingerprint density at radius 1 is 1.00 bits per heavy atom. The third kappa shape index (κ3) is 7.25. The van der Waals surface area contributed by atoms with Gasteiger partial charge in [-0.15, -0.1) is 0 Å². The number of carbonyl (C=O) groups excluding carboxylic acids is 3. The molecule has 2 heterocycles. The van der Waals surface area contributed by atoms with Crippen molar-refractivity contribution in [2.24, 2.45) is 4.99 Å². The first-order chi connectivity index (χ1) is 23.8. The number of carboxylic acids is 1. The molecule has 50 heavy (non-hydrogen) atoms. The van der Waals surface area contributed by atoms with E-state index < -0.39 is 46.1 Å². The molecule has 0 bridgehead atoms. The van der Waals surface area contributed by atoms with Gasteiger partial charge in [0.1, 0.15) is 16.4 Å². The van der Waals surface area contributed by atoms with Gasteiger partial charge < -0.3 is 24.6 Å². The van der Waals surface area contributed by atoms with Crippen molar-refractivity contribution in [2.75, 3.05) is 32.1 Å². The first kappa shape index (κ1) is 35.8. The number of urea groups is 1. The molecule has 5 rings (SSSR count). The maximum Gasteiger partial charge on any atom is 0.335 e. The summed E-state index contributed by atoms with van der Waals surface area (Å²) in [5.41, 5.74) is 0.196. The lowest BCUT2D eigenvalue weighted by atomic mass is 10.1. The number of hydrogen-bond donors (Lipinski definition) is 2. The van der Waals surface area contributed by atoms with E-state index in [9.17, 15) is 32.7 Å². The summed E-state index contributed by atoms with van der Waals surface area (Å²) in [5, 5.41) is 12.0. The zero-order chi connectivity index (χ0) is 36.2. The molecule has 0 aromatic heterocycles. The number of fused-ring (bicyclic) bond motifs is 1. The summed E-state index contributed by atoms with van der Waals surface area (Å²) in [5.74, 6) is -3.12. The second kappa shape index (κ2) is 15.0. The summed E-state index contributed by atoms with van der Waals surface area (Å²) in [4.78, 5) is 60.0. The summed E-state index contributed by atoms with van der Waals surface area (Å²) in [7, 11) is -3.06. The molecule has 4 amide bonds. The van der Waals surface area contributed by atoms with Gasteiger partial charge in [-0.25, -0.2) is 27.9 Å². The number of hydrogen-bond acceptors (Lipinski definition) is 10. The second-order valence-corrected chi connectivity index (χ2v) is 13.4. The van der Waals surface area contributed by atoms with Crippen molar-refractivity contribution >= 4 is 51.0 Å². The fourth-order valence-electron chi connectivity index (χ4n) is 5.37. The Morgan fingerprint density at radius 3 is 2.36 bits per heavy atom. The zero-order valence-electron chi connectivity index (χ0n) is 27.8. The highest BCUT2D eigenvalue weighted by Gasteiger charge is 2.54. The van der Waals surface area contributed by atoms with Gasteiger partial charge in [-0.2, -0.15) is 0 Å². The van der Waals surface area contributed by atoms with Crippen molar-refractivity contribution in [3.05, 3.63) is 78.4 Å². The number of ether oxygens (including phenoxy) is 3. The number of sulfonamides is 1. The summed E-state index contributed by atoms with van der Waals surface area (Å²) >= 11 is 0. The Kier molecular flexibility index (Phi) is 10.7. The van der Waals surface area contributed by atoms with Crippen LogP contribution in [-0.4, -0.2) is 102 Å². The molecule has 2 atom stereocenters. The van der Waals surface area contributed by atoms with Crippen LogP contribution in [0.15, 0.2) is 82.7 Å². The topological polar surface area (TPSA) is 184 Å². The molecule has 1 fully saturated rings. The van der Waals surface area contributed by atoms with Crippen LogP contribution in [0.1, 0.15) is 37.6 Å². The van der Waals surface area contributed by atoms with Crippen LogP contribution >= 0.6 is 0 Å². The monoisotopic (exact) mass is 707 g/mol. The molecule has 2 unspecified atom stereocenters. The number of carbonyl (C=O) groups is 4. The zero-order valence-corrected chi connectivity index (χ0v) is 28.6. The molecule has 2 aliphatic heterocycles. The fraction of sp³-hybridized carbons (Fsp3) is 0.324. The van der Waals surface area contributed by atoms with Gasteiger partial charge in [0.2, 0.25) is 0 Å². The minimum atomic E-state index is -4.35. The predicted octanol–water partition coefficient (Wildman–Crippen LogP) is 3.94. The molecule has 0 spiro atoms. The molecule has 0 saturated carbocycles. The number of rotatable bonds is 14. The van der Waals surface area contributed by atoms with Gasteiger partial charge in [0.15, 0.2) is 11.9 Å². The minimum absolute atomic E-state index is 0.0173. The summed E-state index contributed by atoms with van der Waals surface area (Å²) < 4.78 is 46.4. The van der Waals surface area contributed by atoms with E-state index in [0.29, 0.717) is 17.3 Å². The van der Waals surface area contributed by atoms with E-state index in [4.69, 9.17) is 14.2 Å². The first-order valence-corrected chi connectivity index (χ1v) is 17.2. The molecule has 2 N–H and O–H groups in total. The number of anilines is 1. The summed E-state index contributed by atoms with van der Waals surface area (Å²) in [6.07, 6.45) is -1.66. The lowest BCUT2D eigenvalue weighted by Gasteiger charge is -2.35. The van der Waals surface area contributed by atoms with Gasteiger partial charge in [-0.1, -0.05) is 24.3 Å². The van der Waals surface area contributed by atoms with Gasteiger partial charge in [0.05, 0.1) is 23.0 Å². The largest absolute Gasteiger partial charge is 0.489 e. The quantitative estimate of drug-likeness (QED) is 0.184. The molecule has 0 radical (unpaired) electrons. The average molecular weight is 708 g/mol. The molecule has 16 heteroatoms. The van der Waals surface area contributed by atoms with E-state index in [1.807, 2.05) is 0 Å². The summed E-state index contributed by atoms with van der Waals surface area (Å²) in [6.45, 7) is 5.79. The van der Waals surface area contributed by atoms with Crippen LogP contribution in [0.4, 0.5) is 16.2 Å². The Labute approximate surface area is 289 Å².